The zero-order chi connectivity index (χ0) is 18.7. The number of benzene rings is 1. The number of rotatable bonds is 10. The Balaban J connectivity index is 0.00000625. The molecule has 150 valence electrons. The van der Waals surface area contributed by atoms with Gasteiger partial charge >= 0.3 is 0 Å². The van der Waals surface area contributed by atoms with Crippen molar-refractivity contribution in [3.8, 4) is 0 Å². The van der Waals surface area contributed by atoms with Gasteiger partial charge in [0.2, 0.25) is 0 Å². The number of ether oxygens (including phenoxy) is 1. The first-order valence-electron chi connectivity index (χ1n) is 8.78. The molecule has 0 atom stereocenters. The molecule has 26 heavy (non-hydrogen) atoms. The summed E-state index contributed by atoms with van der Waals surface area (Å²) >= 11 is 0. The number of aliphatic imine (C=N–C) groups is 1. The molecule has 1 rings (SSSR count). The Hall–Kier alpha value is -0.870. The quantitative estimate of drug-likeness (QED) is 0.225. The summed E-state index contributed by atoms with van der Waals surface area (Å²) in [6.45, 7) is 9.51. The van der Waals surface area contributed by atoms with Crippen LogP contribution in [0.2, 0.25) is 0 Å². The summed E-state index contributed by atoms with van der Waals surface area (Å²) in [7, 11) is -3.18. The van der Waals surface area contributed by atoms with Gasteiger partial charge in [0.05, 0.1) is 11.4 Å². The molecule has 1 aromatic carbocycles. The number of hydrogen-bond donors (Lipinski definition) is 2. The number of nitrogens with zero attached hydrogens (tertiary/aromatic N) is 1. The third kappa shape index (κ3) is 9.72. The maximum absolute atomic E-state index is 11.7. The van der Waals surface area contributed by atoms with Crippen molar-refractivity contribution in [1.82, 2.24) is 10.6 Å². The van der Waals surface area contributed by atoms with Crippen LogP contribution in [-0.2, 0) is 21.1 Å². The lowest BCUT2D eigenvalue weighted by atomic mass is 10.1. The molecule has 0 fully saturated rings. The molecule has 0 saturated heterocycles. The van der Waals surface area contributed by atoms with Crippen LogP contribution in [0.25, 0.3) is 0 Å². The second-order valence-corrected chi connectivity index (χ2v) is 7.88. The van der Waals surface area contributed by atoms with Crippen LogP contribution in [0.3, 0.4) is 0 Å². The van der Waals surface area contributed by atoms with Crippen LogP contribution >= 0.6 is 24.0 Å². The molecule has 6 nitrogen and oxygen atoms in total. The SMILES string of the molecule is CCNC(=NCc1ccc(S(C)(=O)=O)c(C)c1)NCCCCOCC.I. The van der Waals surface area contributed by atoms with E-state index in [1.54, 1.807) is 6.07 Å². The van der Waals surface area contributed by atoms with E-state index in [9.17, 15) is 8.42 Å². The first-order chi connectivity index (χ1) is 11.9. The molecule has 0 radical (unpaired) electrons. The second kappa shape index (κ2) is 13.3. The van der Waals surface area contributed by atoms with E-state index in [0.29, 0.717) is 11.4 Å². The summed E-state index contributed by atoms with van der Waals surface area (Å²) in [5.41, 5.74) is 1.74. The predicted octanol–water partition coefficient (Wildman–Crippen LogP) is 2.89. The lowest BCUT2D eigenvalue weighted by Crippen LogP contribution is -2.37. The minimum absolute atomic E-state index is 0. The molecule has 0 aromatic heterocycles. The smallest absolute Gasteiger partial charge is 0.191 e. The molecule has 0 saturated carbocycles. The summed E-state index contributed by atoms with van der Waals surface area (Å²) in [5, 5.41) is 6.52. The summed E-state index contributed by atoms with van der Waals surface area (Å²) < 4.78 is 28.7. The normalized spacial score (nSPS) is 11.8. The van der Waals surface area contributed by atoms with E-state index in [4.69, 9.17) is 4.74 Å². The van der Waals surface area contributed by atoms with Crippen LogP contribution in [0, 0.1) is 6.92 Å². The van der Waals surface area contributed by atoms with Crippen LogP contribution in [-0.4, -0.2) is 46.9 Å². The Morgan fingerprint density at radius 1 is 1.19 bits per heavy atom. The van der Waals surface area contributed by atoms with Crippen molar-refractivity contribution in [2.24, 2.45) is 4.99 Å². The van der Waals surface area contributed by atoms with Crippen LogP contribution < -0.4 is 10.6 Å². The van der Waals surface area contributed by atoms with Crippen molar-refractivity contribution < 1.29 is 13.2 Å². The highest BCUT2D eigenvalue weighted by molar-refractivity contribution is 14.0. The van der Waals surface area contributed by atoms with Gasteiger partial charge in [-0.1, -0.05) is 12.1 Å². The summed E-state index contributed by atoms with van der Waals surface area (Å²) in [6.07, 6.45) is 3.27. The number of nitrogens with one attached hydrogen (secondary N) is 2. The molecular weight excluding hydrogens is 465 g/mol. The van der Waals surface area contributed by atoms with Gasteiger partial charge in [-0.05, 0) is 50.8 Å². The van der Waals surface area contributed by atoms with Gasteiger partial charge in [0.25, 0.3) is 0 Å². The van der Waals surface area contributed by atoms with E-state index in [-0.39, 0.29) is 24.0 Å². The average Bonchev–Trinajstić information content (AvgIpc) is 2.54. The highest BCUT2D eigenvalue weighted by Crippen LogP contribution is 2.17. The Labute approximate surface area is 175 Å². The molecule has 0 heterocycles. The number of unbranched alkanes of at least 4 members (excludes halogenated alkanes) is 1. The molecule has 0 amide bonds. The van der Waals surface area contributed by atoms with Crippen LogP contribution in [0.4, 0.5) is 0 Å². The highest BCUT2D eigenvalue weighted by atomic mass is 127. The van der Waals surface area contributed by atoms with Crippen molar-refractivity contribution in [3.63, 3.8) is 0 Å². The molecule has 0 aliphatic carbocycles. The van der Waals surface area contributed by atoms with Crippen molar-refractivity contribution in [1.29, 1.82) is 0 Å². The largest absolute Gasteiger partial charge is 0.382 e. The van der Waals surface area contributed by atoms with E-state index < -0.39 is 9.84 Å². The lowest BCUT2D eigenvalue weighted by Gasteiger charge is -2.12. The Morgan fingerprint density at radius 2 is 1.92 bits per heavy atom. The fraction of sp³-hybridized carbons (Fsp3) is 0.611. The minimum atomic E-state index is -3.18. The lowest BCUT2D eigenvalue weighted by molar-refractivity contribution is 0.143. The van der Waals surface area contributed by atoms with Gasteiger partial charge in [-0.2, -0.15) is 0 Å². The Morgan fingerprint density at radius 3 is 2.50 bits per heavy atom. The number of aryl methyl sites for hydroxylation is 1. The molecule has 8 heteroatoms. The average molecular weight is 497 g/mol. The Kier molecular flexibility index (Phi) is 12.9. The van der Waals surface area contributed by atoms with Crippen molar-refractivity contribution >= 4 is 39.8 Å². The van der Waals surface area contributed by atoms with Crippen LogP contribution in [0.1, 0.15) is 37.8 Å². The van der Waals surface area contributed by atoms with E-state index in [1.165, 1.54) is 6.26 Å². The minimum Gasteiger partial charge on any atom is -0.382 e. The van der Waals surface area contributed by atoms with Gasteiger partial charge in [-0.25, -0.2) is 13.4 Å². The molecule has 2 N–H and O–H groups in total. The van der Waals surface area contributed by atoms with Gasteiger partial charge in [0.15, 0.2) is 15.8 Å². The standard InChI is InChI=1S/C18H31N3O3S.HI/c1-5-19-18(20-11-7-8-12-24-6-2)21-14-16-9-10-17(15(3)13-16)25(4,22)23;/h9-10,13H,5-8,11-12,14H2,1-4H3,(H2,19,20,21);1H. The van der Waals surface area contributed by atoms with E-state index >= 15 is 0 Å². The molecule has 1 aromatic rings. The summed E-state index contributed by atoms with van der Waals surface area (Å²) in [4.78, 5) is 4.94. The molecule has 0 aliphatic rings. The molecule has 0 unspecified atom stereocenters. The number of halogens is 1. The molecule has 0 aliphatic heterocycles. The second-order valence-electron chi connectivity index (χ2n) is 5.90. The van der Waals surface area contributed by atoms with E-state index in [2.05, 4.69) is 15.6 Å². The summed E-state index contributed by atoms with van der Waals surface area (Å²) in [5.74, 6) is 0.767. The topological polar surface area (TPSA) is 79.8 Å². The number of sulfone groups is 1. The zero-order valence-electron chi connectivity index (χ0n) is 16.2. The van der Waals surface area contributed by atoms with Gasteiger partial charge in [-0.3, -0.25) is 0 Å². The predicted molar refractivity (Wildman–Crippen MR) is 118 cm³/mol. The molecule has 0 bridgehead atoms. The molecule has 0 spiro atoms. The van der Waals surface area contributed by atoms with Gasteiger partial charge in [-0.15, -0.1) is 24.0 Å². The number of hydrogen-bond acceptors (Lipinski definition) is 4. The van der Waals surface area contributed by atoms with Crippen molar-refractivity contribution in [3.05, 3.63) is 29.3 Å². The van der Waals surface area contributed by atoms with Crippen molar-refractivity contribution in [2.75, 3.05) is 32.6 Å². The number of guanidine groups is 1. The monoisotopic (exact) mass is 497 g/mol. The van der Waals surface area contributed by atoms with E-state index in [1.807, 2.05) is 32.9 Å². The Bertz CT molecular complexity index is 664. The fourth-order valence-electron chi connectivity index (χ4n) is 2.42. The third-order valence-corrected chi connectivity index (χ3v) is 4.87. The first kappa shape index (κ1) is 25.1. The van der Waals surface area contributed by atoms with Gasteiger partial charge in [0, 0.05) is 32.6 Å². The van der Waals surface area contributed by atoms with Crippen LogP contribution in [0.5, 0.6) is 0 Å². The van der Waals surface area contributed by atoms with Crippen LogP contribution in [0.15, 0.2) is 28.1 Å². The maximum Gasteiger partial charge on any atom is 0.191 e. The first-order valence-corrected chi connectivity index (χ1v) is 10.7. The fourth-order valence-corrected chi connectivity index (χ4v) is 3.38. The van der Waals surface area contributed by atoms with Gasteiger partial charge in [0.1, 0.15) is 0 Å². The van der Waals surface area contributed by atoms with Crippen molar-refractivity contribution in [2.45, 2.75) is 45.1 Å². The molecular formula is C18H32IN3O3S. The van der Waals surface area contributed by atoms with Gasteiger partial charge < -0.3 is 15.4 Å². The highest BCUT2D eigenvalue weighted by Gasteiger charge is 2.10. The summed E-state index contributed by atoms with van der Waals surface area (Å²) in [6, 6.07) is 5.35. The zero-order valence-corrected chi connectivity index (χ0v) is 19.3. The third-order valence-electron chi connectivity index (χ3n) is 3.61. The maximum atomic E-state index is 11.7. The van der Waals surface area contributed by atoms with E-state index in [0.717, 1.165) is 56.2 Å².